The molecule has 0 radical (unpaired) electrons. The van der Waals surface area contributed by atoms with Crippen LogP contribution in [0.4, 0.5) is 0 Å². The van der Waals surface area contributed by atoms with E-state index in [1.807, 2.05) is 20.9 Å². The lowest BCUT2D eigenvalue weighted by Gasteiger charge is -2.24. The van der Waals surface area contributed by atoms with Crippen LogP contribution in [0.2, 0.25) is 0 Å². The highest BCUT2D eigenvalue weighted by Crippen LogP contribution is 2.15. The van der Waals surface area contributed by atoms with Gasteiger partial charge in [0.1, 0.15) is 0 Å². The Balaban J connectivity index is 0.000000921. The van der Waals surface area contributed by atoms with Crippen molar-refractivity contribution < 1.29 is 8.42 Å². The van der Waals surface area contributed by atoms with Gasteiger partial charge in [0.25, 0.3) is 0 Å². The average molecular weight is 236 g/mol. The third kappa shape index (κ3) is 4.95. The predicted octanol–water partition coefficient (Wildman–Crippen LogP) is 0.998. The van der Waals surface area contributed by atoms with Gasteiger partial charge in [-0.15, -0.1) is 0 Å². The summed E-state index contributed by atoms with van der Waals surface area (Å²) in [6, 6.07) is 0.403. The molecule has 15 heavy (non-hydrogen) atoms. The summed E-state index contributed by atoms with van der Waals surface area (Å²) in [5.74, 6) is 0. The highest BCUT2D eigenvalue weighted by atomic mass is 32.2. The van der Waals surface area contributed by atoms with Gasteiger partial charge < -0.3 is 4.90 Å². The molecule has 5 heteroatoms. The molecule has 0 N–H and O–H groups in total. The molecule has 1 rings (SSSR count). The maximum absolute atomic E-state index is 11.1. The maximum Gasteiger partial charge on any atom is 0.211 e. The second-order valence-corrected chi connectivity index (χ2v) is 5.91. The molecule has 0 spiro atoms. The molecule has 1 fully saturated rings. The molecule has 0 saturated carbocycles. The molecule has 0 aromatic heterocycles. The van der Waals surface area contributed by atoms with Crippen LogP contribution in [0.15, 0.2) is 0 Å². The summed E-state index contributed by atoms with van der Waals surface area (Å²) in [6.45, 7) is 5.71. The summed E-state index contributed by atoms with van der Waals surface area (Å²) >= 11 is 0. The molecule has 0 amide bonds. The number of sulfonamides is 1. The quantitative estimate of drug-likeness (QED) is 0.734. The minimum atomic E-state index is -3.01. The van der Waals surface area contributed by atoms with Gasteiger partial charge in [-0.1, -0.05) is 13.8 Å². The van der Waals surface area contributed by atoms with Crippen molar-refractivity contribution in [1.29, 1.82) is 0 Å². The fourth-order valence-electron chi connectivity index (χ4n) is 1.64. The lowest BCUT2D eigenvalue weighted by atomic mass is 10.2. The van der Waals surface area contributed by atoms with Crippen LogP contribution < -0.4 is 0 Å². The van der Waals surface area contributed by atoms with Crippen molar-refractivity contribution in [2.75, 3.05) is 33.4 Å². The first-order chi connectivity index (χ1) is 6.91. The lowest BCUT2D eigenvalue weighted by Crippen LogP contribution is -2.39. The molecule has 1 aliphatic heterocycles. The number of hydrogen-bond acceptors (Lipinski definition) is 3. The number of likely N-dealkylation sites (N-methyl/N-ethyl adjacent to an activating group) is 2. The van der Waals surface area contributed by atoms with E-state index in [0.29, 0.717) is 12.6 Å². The smallest absolute Gasteiger partial charge is 0.211 e. The van der Waals surface area contributed by atoms with Crippen molar-refractivity contribution in [3.8, 4) is 0 Å². The van der Waals surface area contributed by atoms with Gasteiger partial charge >= 0.3 is 0 Å². The molecule has 4 nitrogen and oxygen atoms in total. The fraction of sp³-hybridized carbons (Fsp3) is 1.00. The van der Waals surface area contributed by atoms with Crippen molar-refractivity contribution in [1.82, 2.24) is 9.21 Å². The summed E-state index contributed by atoms with van der Waals surface area (Å²) in [5, 5.41) is 0. The van der Waals surface area contributed by atoms with Crippen molar-refractivity contribution in [2.45, 2.75) is 32.7 Å². The minimum absolute atomic E-state index is 0.403. The Morgan fingerprint density at radius 1 is 1.40 bits per heavy atom. The normalized spacial score (nSPS) is 22.7. The Labute approximate surface area is 94.3 Å². The largest absolute Gasteiger partial charge is 0.302 e. The summed E-state index contributed by atoms with van der Waals surface area (Å²) in [7, 11) is 0.683. The number of hydrogen-bond donors (Lipinski definition) is 0. The molecular weight excluding hydrogens is 212 g/mol. The van der Waals surface area contributed by atoms with Crippen molar-refractivity contribution >= 4 is 10.0 Å². The molecule has 1 unspecified atom stereocenters. The summed E-state index contributed by atoms with van der Waals surface area (Å²) < 4.78 is 23.7. The third-order valence-electron chi connectivity index (χ3n) is 2.71. The van der Waals surface area contributed by atoms with E-state index in [4.69, 9.17) is 0 Å². The fourth-order valence-corrected chi connectivity index (χ4v) is 2.08. The SMILES string of the molecule is CC.CN1CCCC1CN(C)S(C)(=O)=O. The lowest BCUT2D eigenvalue weighted by molar-refractivity contribution is 0.271. The molecule has 1 atom stereocenters. The van der Waals surface area contributed by atoms with Crippen LogP contribution in [0.5, 0.6) is 0 Å². The minimum Gasteiger partial charge on any atom is -0.302 e. The van der Waals surface area contributed by atoms with E-state index in [-0.39, 0.29) is 0 Å². The highest BCUT2D eigenvalue weighted by Gasteiger charge is 2.24. The zero-order chi connectivity index (χ0) is 12.1. The van der Waals surface area contributed by atoms with E-state index in [0.717, 1.165) is 13.0 Å². The molecule has 0 aromatic rings. The zero-order valence-corrected chi connectivity index (χ0v) is 11.3. The molecule has 1 aliphatic rings. The van der Waals surface area contributed by atoms with Crippen LogP contribution in [0.3, 0.4) is 0 Å². The van der Waals surface area contributed by atoms with E-state index in [1.165, 1.54) is 17.0 Å². The summed E-state index contributed by atoms with van der Waals surface area (Å²) in [5.41, 5.74) is 0. The topological polar surface area (TPSA) is 40.6 Å². The van der Waals surface area contributed by atoms with E-state index in [1.54, 1.807) is 7.05 Å². The average Bonchev–Trinajstić information content (AvgIpc) is 2.54. The molecule has 0 aliphatic carbocycles. The molecule has 92 valence electrons. The van der Waals surface area contributed by atoms with Gasteiger partial charge in [0.15, 0.2) is 0 Å². The number of rotatable bonds is 3. The van der Waals surface area contributed by atoms with Crippen LogP contribution in [0, 0.1) is 0 Å². The first-order valence-electron chi connectivity index (χ1n) is 5.53. The van der Waals surface area contributed by atoms with Gasteiger partial charge in [-0.25, -0.2) is 12.7 Å². The molecule has 0 bridgehead atoms. The van der Waals surface area contributed by atoms with Gasteiger partial charge in [0.05, 0.1) is 6.26 Å². The summed E-state index contributed by atoms with van der Waals surface area (Å²) in [4.78, 5) is 2.22. The van der Waals surface area contributed by atoms with Gasteiger partial charge in [0.2, 0.25) is 10.0 Å². The maximum atomic E-state index is 11.1. The van der Waals surface area contributed by atoms with E-state index >= 15 is 0 Å². The Kier molecular flexibility index (Phi) is 6.40. The Morgan fingerprint density at radius 3 is 2.27 bits per heavy atom. The van der Waals surface area contributed by atoms with Crippen LogP contribution in [-0.4, -0.2) is 57.1 Å². The highest BCUT2D eigenvalue weighted by molar-refractivity contribution is 7.88. The third-order valence-corrected chi connectivity index (χ3v) is 3.99. The van der Waals surface area contributed by atoms with Gasteiger partial charge in [-0.05, 0) is 26.4 Å². The molecular formula is C10H24N2O2S. The monoisotopic (exact) mass is 236 g/mol. The second-order valence-electron chi connectivity index (χ2n) is 3.82. The Bertz CT molecular complexity index is 265. The van der Waals surface area contributed by atoms with E-state index < -0.39 is 10.0 Å². The molecule has 1 heterocycles. The molecule has 0 aromatic carbocycles. The number of nitrogens with zero attached hydrogens (tertiary/aromatic N) is 2. The Hall–Kier alpha value is -0.130. The van der Waals surface area contributed by atoms with Crippen LogP contribution >= 0.6 is 0 Å². The van der Waals surface area contributed by atoms with Crippen molar-refractivity contribution in [3.05, 3.63) is 0 Å². The van der Waals surface area contributed by atoms with E-state index in [2.05, 4.69) is 4.90 Å². The Morgan fingerprint density at radius 2 is 1.93 bits per heavy atom. The van der Waals surface area contributed by atoms with Gasteiger partial charge in [-0.3, -0.25) is 0 Å². The van der Waals surface area contributed by atoms with Crippen LogP contribution in [0.25, 0.3) is 0 Å². The van der Waals surface area contributed by atoms with Gasteiger partial charge in [-0.2, -0.15) is 0 Å². The van der Waals surface area contributed by atoms with Gasteiger partial charge in [0, 0.05) is 19.6 Å². The first kappa shape index (κ1) is 14.9. The second kappa shape index (κ2) is 6.45. The number of likely N-dealkylation sites (tertiary alicyclic amines) is 1. The summed E-state index contributed by atoms with van der Waals surface area (Å²) in [6.07, 6.45) is 3.54. The zero-order valence-electron chi connectivity index (χ0n) is 10.5. The predicted molar refractivity (Wildman–Crippen MR) is 64.5 cm³/mol. The van der Waals surface area contributed by atoms with Crippen LogP contribution in [0.1, 0.15) is 26.7 Å². The molecule has 1 saturated heterocycles. The van der Waals surface area contributed by atoms with E-state index in [9.17, 15) is 8.42 Å². The van der Waals surface area contributed by atoms with Crippen molar-refractivity contribution in [2.24, 2.45) is 0 Å². The standard InChI is InChI=1S/C8H18N2O2S.C2H6/c1-9-6-4-5-8(9)7-10(2)13(3,11)12;1-2/h8H,4-7H2,1-3H3;1-2H3. The van der Waals surface area contributed by atoms with Crippen LogP contribution in [-0.2, 0) is 10.0 Å². The first-order valence-corrected chi connectivity index (χ1v) is 7.37. The van der Waals surface area contributed by atoms with Crippen molar-refractivity contribution in [3.63, 3.8) is 0 Å².